The number of benzene rings is 1. The molecule has 0 N–H and O–H groups in total. The van der Waals surface area contributed by atoms with Gasteiger partial charge in [0.05, 0.1) is 0 Å². The highest BCUT2D eigenvalue weighted by Crippen LogP contribution is 2.52. The van der Waals surface area contributed by atoms with Crippen LogP contribution < -0.4 is 0 Å². The van der Waals surface area contributed by atoms with Crippen molar-refractivity contribution in [1.29, 1.82) is 0 Å². The van der Waals surface area contributed by atoms with Crippen molar-refractivity contribution in [3.05, 3.63) is 33.8 Å². The van der Waals surface area contributed by atoms with Gasteiger partial charge in [-0.1, -0.05) is 17.7 Å². The van der Waals surface area contributed by atoms with Gasteiger partial charge in [0.1, 0.15) is 5.54 Å². The van der Waals surface area contributed by atoms with E-state index in [0.717, 1.165) is 29.5 Å². The molecule has 0 spiro atoms. The van der Waals surface area contributed by atoms with Crippen LogP contribution in [0.3, 0.4) is 0 Å². The molecule has 1 fully saturated rings. The molecule has 3 heteroatoms. The first-order valence-corrected chi connectivity index (χ1v) is 5.33. The highest BCUT2D eigenvalue weighted by molar-refractivity contribution is 6.31. The smallest absolute Gasteiger partial charge is 0.211 e. The minimum absolute atomic E-state index is 0.364. The van der Waals surface area contributed by atoms with E-state index in [-0.39, 0.29) is 5.54 Å². The maximum absolute atomic E-state index is 10.4. The van der Waals surface area contributed by atoms with E-state index in [4.69, 9.17) is 11.6 Å². The van der Waals surface area contributed by atoms with Crippen LogP contribution in [0.2, 0.25) is 5.02 Å². The fourth-order valence-electron chi connectivity index (χ4n) is 2.13. The van der Waals surface area contributed by atoms with Gasteiger partial charge < -0.3 is 0 Å². The Balaban J connectivity index is 2.58. The summed E-state index contributed by atoms with van der Waals surface area (Å²) < 4.78 is 0. The van der Waals surface area contributed by atoms with Crippen LogP contribution in [0.25, 0.3) is 0 Å². The van der Waals surface area contributed by atoms with Gasteiger partial charge in [0.15, 0.2) is 0 Å². The predicted molar refractivity (Wildman–Crippen MR) is 60.0 cm³/mol. The number of hydrogen-bond acceptors (Lipinski definition) is 2. The molecule has 1 aromatic carbocycles. The molecule has 0 aliphatic heterocycles. The standard InChI is InChI=1S/C12H12ClNO/c1-8-5-9(2)11(10(13)6-8)12(3-4-12)14-7-15/h5-6H,3-4H2,1-2H3. The molecule has 0 radical (unpaired) electrons. The Morgan fingerprint density at radius 3 is 2.53 bits per heavy atom. The molecule has 2 rings (SSSR count). The zero-order chi connectivity index (χ0) is 11.1. The summed E-state index contributed by atoms with van der Waals surface area (Å²) in [6, 6.07) is 3.99. The lowest BCUT2D eigenvalue weighted by Crippen LogP contribution is -2.06. The number of rotatable bonds is 2. The van der Waals surface area contributed by atoms with Gasteiger partial charge in [-0.05, 0) is 43.9 Å². The van der Waals surface area contributed by atoms with E-state index >= 15 is 0 Å². The van der Waals surface area contributed by atoms with Crippen molar-refractivity contribution in [3.63, 3.8) is 0 Å². The summed E-state index contributed by atoms with van der Waals surface area (Å²) in [6.45, 7) is 4.01. The van der Waals surface area contributed by atoms with E-state index in [0.29, 0.717) is 5.02 Å². The predicted octanol–water partition coefficient (Wildman–Crippen LogP) is 3.28. The second-order valence-corrected chi connectivity index (χ2v) is 4.58. The monoisotopic (exact) mass is 221 g/mol. The van der Waals surface area contributed by atoms with Gasteiger partial charge in [-0.25, -0.2) is 4.79 Å². The Morgan fingerprint density at radius 2 is 2.07 bits per heavy atom. The average molecular weight is 222 g/mol. The third-order valence-corrected chi connectivity index (χ3v) is 3.18. The lowest BCUT2D eigenvalue weighted by molar-refractivity contribution is 0.556. The Morgan fingerprint density at radius 1 is 1.40 bits per heavy atom. The van der Waals surface area contributed by atoms with Crippen LogP contribution in [0.15, 0.2) is 17.1 Å². The van der Waals surface area contributed by atoms with E-state index in [2.05, 4.69) is 11.1 Å². The third-order valence-electron chi connectivity index (χ3n) is 2.88. The number of hydrogen-bond donors (Lipinski definition) is 0. The SMILES string of the molecule is Cc1cc(C)c(C2(N=C=O)CC2)c(Cl)c1. The van der Waals surface area contributed by atoms with E-state index in [9.17, 15) is 4.79 Å². The van der Waals surface area contributed by atoms with E-state index in [1.165, 1.54) is 0 Å². The van der Waals surface area contributed by atoms with E-state index < -0.39 is 0 Å². The Kier molecular flexibility index (Phi) is 2.41. The highest BCUT2D eigenvalue weighted by Gasteiger charge is 2.47. The number of aryl methyl sites for hydroxylation is 2. The second kappa shape index (κ2) is 3.48. The molecular weight excluding hydrogens is 210 g/mol. The molecule has 0 saturated heterocycles. The van der Waals surface area contributed by atoms with Gasteiger partial charge in [-0.3, -0.25) is 0 Å². The largest absolute Gasteiger partial charge is 0.235 e. The van der Waals surface area contributed by atoms with Crippen LogP contribution >= 0.6 is 11.6 Å². The van der Waals surface area contributed by atoms with Crippen molar-refractivity contribution in [2.45, 2.75) is 32.2 Å². The van der Waals surface area contributed by atoms with Crippen LogP contribution in [0, 0.1) is 13.8 Å². The zero-order valence-corrected chi connectivity index (χ0v) is 9.56. The lowest BCUT2D eigenvalue weighted by Gasteiger charge is -2.14. The molecule has 0 amide bonds. The van der Waals surface area contributed by atoms with Gasteiger partial charge in [-0.2, -0.15) is 4.99 Å². The maximum atomic E-state index is 10.4. The Hall–Kier alpha value is -1.11. The van der Waals surface area contributed by atoms with Crippen LogP contribution in [0.5, 0.6) is 0 Å². The Bertz CT molecular complexity index is 434. The zero-order valence-electron chi connectivity index (χ0n) is 8.80. The summed E-state index contributed by atoms with van der Waals surface area (Å²) in [5, 5.41) is 0.712. The number of isocyanates is 1. The number of aliphatic imine (C=N–C) groups is 1. The summed E-state index contributed by atoms with van der Waals surface area (Å²) in [5.41, 5.74) is 2.87. The van der Waals surface area contributed by atoms with Gasteiger partial charge in [-0.15, -0.1) is 0 Å². The molecule has 0 unspecified atom stereocenters. The van der Waals surface area contributed by atoms with Gasteiger partial charge in [0.25, 0.3) is 0 Å². The first-order chi connectivity index (χ1) is 7.09. The average Bonchev–Trinajstić information content (AvgIpc) is 2.83. The molecule has 0 aromatic heterocycles. The maximum Gasteiger partial charge on any atom is 0.235 e. The fraction of sp³-hybridized carbons (Fsp3) is 0.417. The highest BCUT2D eigenvalue weighted by atomic mass is 35.5. The van der Waals surface area contributed by atoms with Crippen molar-refractivity contribution in [2.75, 3.05) is 0 Å². The molecular formula is C12H12ClNO. The summed E-state index contributed by atoms with van der Waals surface area (Å²) in [6.07, 6.45) is 3.44. The molecule has 15 heavy (non-hydrogen) atoms. The molecule has 2 nitrogen and oxygen atoms in total. The quantitative estimate of drug-likeness (QED) is 0.557. The normalized spacial score (nSPS) is 17.0. The minimum Gasteiger partial charge on any atom is -0.211 e. The summed E-state index contributed by atoms with van der Waals surface area (Å²) in [4.78, 5) is 14.3. The van der Waals surface area contributed by atoms with Crippen LogP contribution in [-0.2, 0) is 10.3 Å². The third kappa shape index (κ3) is 1.71. The lowest BCUT2D eigenvalue weighted by atomic mass is 9.98. The first-order valence-electron chi connectivity index (χ1n) is 4.95. The van der Waals surface area contributed by atoms with Gasteiger partial charge >= 0.3 is 0 Å². The van der Waals surface area contributed by atoms with Crippen molar-refractivity contribution in [2.24, 2.45) is 4.99 Å². The summed E-state index contributed by atoms with van der Waals surface area (Å²) >= 11 is 6.21. The molecule has 0 heterocycles. The van der Waals surface area contributed by atoms with Crippen LogP contribution in [0.4, 0.5) is 0 Å². The summed E-state index contributed by atoms with van der Waals surface area (Å²) in [7, 11) is 0. The molecule has 1 aromatic rings. The number of nitrogens with zero attached hydrogens (tertiary/aromatic N) is 1. The first kappa shape index (κ1) is 10.4. The molecule has 78 valence electrons. The van der Waals surface area contributed by atoms with E-state index in [1.807, 2.05) is 19.9 Å². The van der Waals surface area contributed by atoms with Gasteiger partial charge in [0.2, 0.25) is 6.08 Å². The molecule has 1 saturated carbocycles. The summed E-state index contributed by atoms with van der Waals surface area (Å²) in [5.74, 6) is 0. The molecule has 1 aliphatic carbocycles. The van der Waals surface area contributed by atoms with Crippen LogP contribution in [0.1, 0.15) is 29.5 Å². The van der Waals surface area contributed by atoms with Crippen LogP contribution in [-0.4, -0.2) is 6.08 Å². The molecule has 0 atom stereocenters. The molecule has 1 aliphatic rings. The van der Waals surface area contributed by atoms with Gasteiger partial charge in [0, 0.05) is 10.6 Å². The second-order valence-electron chi connectivity index (χ2n) is 4.17. The van der Waals surface area contributed by atoms with Crippen molar-refractivity contribution >= 4 is 17.7 Å². The minimum atomic E-state index is -0.364. The molecule has 0 bridgehead atoms. The van der Waals surface area contributed by atoms with Crippen molar-refractivity contribution in [3.8, 4) is 0 Å². The fourth-order valence-corrected chi connectivity index (χ4v) is 2.63. The van der Waals surface area contributed by atoms with Crippen molar-refractivity contribution < 1.29 is 4.79 Å². The Labute approximate surface area is 94.0 Å². The topological polar surface area (TPSA) is 29.4 Å². The van der Waals surface area contributed by atoms with Crippen molar-refractivity contribution in [1.82, 2.24) is 0 Å². The number of carbonyl (C=O) groups excluding carboxylic acids is 1. The van der Waals surface area contributed by atoms with E-state index in [1.54, 1.807) is 6.08 Å². The number of halogens is 1.